The molecule has 0 radical (unpaired) electrons. The van der Waals surface area contributed by atoms with Crippen LogP contribution in [0, 0.1) is 17.0 Å². The molecule has 0 unspecified atom stereocenters. The van der Waals surface area contributed by atoms with Gasteiger partial charge in [0.2, 0.25) is 0 Å². The predicted octanol–water partition coefficient (Wildman–Crippen LogP) is 3.03. The van der Waals surface area contributed by atoms with Crippen LogP contribution in [0.4, 0.5) is 5.69 Å². The van der Waals surface area contributed by atoms with E-state index in [4.69, 9.17) is 4.74 Å². The van der Waals surface area contributed by atoms with Gasteiger partial charge in [0.25, 0.3) is 11.6 Å². The van der Waals surface area contributed by atoms with Gasteiger partial charge in [-0.2, -0.15) is 4.99 Å². The number of hydrogen-bond donors (Lipinski definition) is 0. The lowest BCUT2D eigenvalue weighted by molar-refractivity contribution is -0.385. The summed E-state index contributed by atoms with van der Waals surface area (Å²) in [5, 5.41) is 12.8. The summed E-state index contributed by atoms with van der Waals surface area (Å²) in [6.07, 6.45) is 1.54. The number of hydrogen-bond acceptors (Lipinski definition) is 6. The van der Waals surface area contributed by atoms with Gasteiger partial charge in [-0.15, -0.1) is 11.3 Å². The lowest BCUT2D eigenvalue weighted by Gasteiger charge is -2.05. The van der Waals surface area contributed by atoms with Crippen LogP contribution in [0.25, 0.3) is 0 Å². The van der Waals surface area contributed by atoms with Gasteiger partial charge in [-0.3, -0.25) is 19.7 Å². The quantitative estimate of drug-likeness (QED) is 0.329. The van der Waals surface area contributed by atoms with Gasteiger partial charge in [0.05, 0.1) is 11.3 Å². The van der Waals surface area contributed by atoms with Crippen molar-refractivity contribution in [1.29, 1.82) is 0 Å². The Morgan fingerprint density at radius 3 is 2.63 bits per heavy atom. The first-order valence-electron chi connectivity index (χ1n) is 9.07. The third-order valence-electron chi connectivity index (χ3n) is 4.23. The maximum absolute atomic E-state index is 12.1. The fourth-order valence-corrected chi connectivity index (χ4v) is 3.47. The molecule has 30 heavy (non-hydrogen) atoms. The number of esters is 1. The molecule has 0 saturated carbocycles. The second kappa shape index (κ2) is 9.75. The molecule has 0 atom stereocenters. The molecule has 1 amide bonds. The Morgan fingerprint density at radius 1 is 1.17 bits per heavy atom. The van der Waals surface area contributed by atoms with Crippen molar-refractivity contribution in [2.75, 3.05) is 6.61 Å². The summed E-state index contributed by atoms with van der Waals surface area (Å²) in [5.41, 5.74) is 2.30. The molecule has 0 aliphatic carbocycles. The summed E-state index contributed by atoms with van der Waals surface area (Å²) in [6, 6.07) is 14.0. The number of carbonyl (C=O) groups excluding carboxylic acids is 2. The summed E-state index contributed by atoms with van der Waals surface area (Å²) in [5.74, 6) is -1.34. The maximum atomic E-state index is 12.1. The van der Waals surface area contributed by atoms with E-state index in [1.807, 2.05) is 47.3 Å². The Bertz CT molecular complexity index is 1130. The van der Waals surface area contributed by atoms with E-state index in [0.717, 1.165) is 11.1 Å². The van der Waals surface area contributed by atoms with Crippen LogP contribution in [-0.2, 0) is 27.3 Å². The van der Waals surface area contributed by atoms with Crippen molar-refractivity contribution < 1.29 is 19.2 Å². The molecule has 1 heterocycles. The second-order valence-electron chi connectivity index (χ2n) is 6.53. The molecule has 0 aliphatic heterocycles. The van der Waals surface area contributed by atoms with Crippen molar-refractivity contribution >= 4 is 28.9 Å². The zero-order valence-corrected chi connectivity index (χ0v) is 17.0. The van der Waals surface area contributed by atoms with Crippen molar-refractivity contribution in [2.24, 2.45) is 4.99 Å². The summed E-state index contributed by atoms with van der Waals surface area (Å²) < 4.78 is 6.79. The summed E-state index contributed by atoms with van der Waals surface area (Å²) in [4.78, 5) is 39.1. The second-order valence-corrected chi connectivity index (χ2v) is 7.40. The minimum absolute atomic E-state index is 0.166. The first-order chi connectivity index (χ1) is 14.4. The molecule has 0 fully saturated rings. The Morgan fingerprint density at radius 2 is 1.90 bits per heavy atom. The van der Waals surface area contributed by atoms with Gasteiger partial charge in [-0.25, -0.2) is 0 Å². The average molecular weight is 425 g/mol. The van der Waals surface area contributed by atoms with Crippen LogP contribution >= 0.6 is 11.3 Å². The number of benzene rings is 2. The number of nitrogens with zero attached hydrogens (tertiary/aromatic N) is 3. The van der Waals surface area contributed by atoms with Crippen LogP contribution in [-0.4, -0.2) is 28.0 Å². The molecule has 3 aromatic rings. The fraction of sp³-hybridized carbons (Fsp3) is 0.190. The monoisotopic (exact) mass is 425 g/mol. The van der Waals surface area contributed by atoms with Crippen LogP contribution in [0.1, 0.15) is 16.7 Å². The largest absolute Gasteiger partial charge is 0.455 e. The minimum atomic E-state index is -0.730. The molecule has 0 N–H and O–H groups in total. The summed E-state index contributed by atoms with van der Waals surface area (Å²) >= 11 is 1.30. The number of nitro groups is 1. The van der Waals surface area contributed by atoms with E-state index in [1.54, 1.807) is 6.07 Å². The number of nitro benzene ring substituents is 1. The SMILES string of the molecule is Cc1ccc(Cn2ccsc2=NC(=O)COC(=O)Cc2ccccc2[N+](=O)[O-])cc1. The molecule has 0 bridgehead atoms. The first kappa shape index (κ1) is 21.1. The number of amides is 1. The van der Waals surface area contributed by atoms with Crippen LogP contribution < -0.4 is 4.80 Å². The zero-order valence-electron chi connectivity index (χ0n) is 16.2. The molecule has 9 heteroatoms. The number of thiazole rings is 1. The zero-order chi connectivity index (χ0) is 21.5. The molecule has 3 rings (SSSR count). The van der Waals surface area contributed by atoms with Crippen molar-refractivity contribution in [3.05, 3.63) is 91.7 Å². The molecule has 154 valence electrons. The van der Waals surface area contributed by atoms with E-state index in [1.165, 1.54) is 29.5 Å². The van der Waals surface area contributed by atoms with E-state index in [0.29, 0.717) is 11.3 Å². The van der Waals surface area contributed by atoms with Crippen LogP contribution in [0.3, 0.4) is 0 Å². The molecule has 0 spiro atoms. The van der Waals surface area contributed by atoms with Crippen LogP contribution in [0.5, 0.6) is 0 Å². The first-order valence-corrected chi connectivity index (χ1v) is 9.95. The van der Waals surface area contributed by atoms with Gasteiger partial charge in [-0.05, 0) is 12.5 Å². The highest BCUT2D eigenvalue weighted by Gasteiger charge is 2.17. The van der Waals surface area contributed by atoms with E-state index in [9.17, 15) is 19.7 Å². The summed E-state index contributed by atoms with van der Waals surface area (Å²) in [7, 11) is 0. The number of ether oxygens (including phenoxy) is 1. The summed E-state index contributed by atoms with van der Waals surface area (Å²) in [6.45, 7) is 2.05. The average Bonchev–Trinajstić information content (AvgIpc) is 3.15. The fourth-order valence-electron chi connectivity index (χ4n) is 2.72. The maximum Gasteiger partial charge on any atom is 0.311 e. The number of rotatable bonds is 7. The van der Waals surface area contributed by atoms with Crippen molar-refractivity contribution in [3.8, 4) is 0 Å². The third-order valence-corrected chi connectivity index (χ3v) is 5.03. The Labute approximate surface area is 176 Å². The van der Waals surface area contributed by atoms with E-state index >= 15 is 0 Å². The van der Waals surface area contributed by atoms with Gasteiger partial charge in [0.15, 0.2) is 11.4 Å². The van der Waals surface area contributed by atoms with Gasteiger partial charge in [-0.1, -0.05) is 48.0 Å². The Balaban J connectivity index is 1.60. The smallest absolute Gasteiger partial charge is 0.311 e. The molecule has 0 aliphatic rings. The standard InChI is InChI=1S/C21H19N3O5S/c1-15-6-8-16(9-7-15)13-23-10-11-30-21(23)22-19(25)14-29-20(26)12-17-4-2-3-5-18(17)24(27)28/h2-11H,12-14H2,1H3. The highest BCUT2D eigenvalue weighted by atomic mass is 32.1. The molecule has 0 saturated heterocycles. The van der Waals surface area contributed by atoms with Crippen molar-refractivity contribution in [3.63, 3.8) is 0 Å². The Kier molecular flexibility index (Phi) is 6.87. The topological polar surface area (TPSA) is 104 Å². The van der Waals surface area contributed by atoms with Crippen molar-refractivity contribution in [2.45, 2.75) is 19.9 Å². The highest BCUT2D eigenvalue weighted by molar-refractivity contribution is 7.07. The van der Waals surface area contributed by atoms with E-state index in [2.05, 4.69) is 4.99 Å². The molecule has 1 aromatic heterocycles. The normalized spacial score (nSPS) is 11.3. The molecular weight excluding hydrogens is 406 g/mol. The number of aryl methyl sites for hydroxylation is 1. The van der Waals surface area contributed by atoms with E-state index < -0.39 is 23.4 Å². The number of aromatic nitrogens is 1. The predicted molar refractivity (Wildman–Crippen MR) is 111 cm³/mol. The van der Waals surface area contributed by atoms with Crippen LogP contribution in [0.2, 0.25) is 0 Å². The van der Waals surface area contributed by atoms with Gasteiger partial charge >= 0.3 is 5.97 Å². The van der Waals surface area contributed by atoms with Crippen molar-refractivity contribution in [1.82, 2.24) is 4.57 Å². The van der Waals surface area contributed by atoms with Gasteiger partial charge in [0.1, 0.15) is 0 Å². The van der Waals surface area contributed by atoms with E-state index in [-0.39, 0.29) is 17.7 Å². The number of carbonyl (C=O) groups is 2. The Hall–Kier alpha value is -3.59. The highest BCUT2D eigenvalue weighted by Crippen LogP contribution is 2.18. The number of para-hydroxylation sites is 1. The van der Waals surface area contributed by atoms with Gasteiger partial charge in [0, 0.05) is 29.8 Å². The minimum Gasteiger partial charge on any atom is -0.455 e. The molecule has 8 nitrogen and oxygen atoms in total. The lowest BCUT2D eigenvalue weighted by atomic mass is 10.1. The third kappa shape index (κ3) is 5.71. The molecular formula is C21H19N3O5S. The lowest BCUT2D eigenvalue weighted by Crippen LogP contribution is -2.20. The van der Waals surface area contributed by atoms with Gasteiger partial charge < -0.3 is 9.30 Å². The molecule has 2 aromatic carbocycles. The van der Waals surface area contributed by atoms with Crippen LogP contribution in [0.15, 0.2) is 65.1 Å².